The molecule has 1 aromatic carbocycles. The molecule has 0 fully saturated rings. The summed E-state index contributed by atoms with van der Waals surface area (Å²) in [6.07, 6.45) is 6.06. The maximum atomic E-state index is 6.29. The zero-order valence-electron chi connectivity index (χ0n) is 14.3. The molecule has 5 rings (SSSR count). The van der Waals surface area contributed by atoms with Crippen LogP contribution in [0, 0.1) is 0 Å². The first-order valence-corrected chi connectivity index (χ1v) is 10.6. The molecule has 0 saturated carbocycles. The van der Waals surface area contributed by atoms with Gasteiger partial charge in [0.15, 0.2) is 5.58 Å². The highest BCUT2D eigenvalue weighted by Gasteiger charge is 2.19. The molecule has 0 radical (unpaired) electrons. The molecule has 7 heteroatoms. The first-order valence-electron chi connectivity index (χ1n) is 8.82. The summed E-state index contributed by atoms with van der Waals surface area (Å²) in [5.41, 5.74) is 5.49. The molecule has 27 heavy (non-hydrogen) atoms. The Balaban J connectivity index is 1.57. The quantitative estimate of drug-likeness (QED) is 0.292. The highest BCUT2D eigenvalue weighted by atomic mass is 35.5. The van der Waals surface area contributed by atoms with Crippen LogP contribution in [0.1, 0.15) is 29.7 Å². The van der Waals surface area contributed by atoms with E-state index in [9.17, 15) is 0 Å². The van der Waals surface area contributed by atoms with E-state index >= 15 is 0 Å². The van der Waals surface area contributed by atoms with Crippen LogP contribution >= 0.6 is 35.0 Å². The van der Waals surface area contributed by atoms with Gasteiger partial charge in [0, 0.05) is 21.5 Å². The van der Waals surface area contributed by atoms with Gasteiger partial charge >= 0.3 is 0 Å². The standard InChI is InChI=1S/C20H15Cl2N3OS/c21-14-5-3-6-15(22)13(14)9-27-20-18-17(23-10-24-20)12-8-11-4-1-2-7-16(11)25-19(12)26-18/h3,5-6,8,10H,1-2,4,7,9H2. The van der Waals surface area contributed by atoms with Crippen LogP contribution < -0.4 is 0 Å². The molecule has 0 N–H and O–H groups in total. The van der Waals surface area contributed by atoms with Crippen molar-refractivity contribution in [3.63, 3.8) is 0 Å². The topological polar surface area (TPSA) is 51.8 Å². The number of fused-ring (bicyclic) bond motifs is 4. The van der Waals surface area contributed by atoms with Crippen LogP contribution in [0.25, 0.3) is 22.2 Å². The lowest BCUT2D eigenvalue weighted by molar-refractivity contribution is 0.624. The van der Waals surface area contributed by atoms with Crippen LogP contribution in [0.4, 0.5) is 0 Å². The summed E-state index contributed by atoms with van der Waals surface area (Å²) < 4.78 is 6.08. The predicted molar refractivity (Wildman–Crippen MR) is 110 cm³/mol. The molecule has 4 aromatic rings. The summed E-state index contributed by atoms with van der Waals surface area (Å²) in [7, 11) is 0. The number of furan rings is 1. The molecule has 0 amide bonds. The second kappa shape index (κ2) is 6.97. The molecule has 1 aliphatic rings. The van der Waals surface area contributed by atoms with E-state index in [-0.39, 0.29) is 0 Å². The van der Waals surface area contributed by atoms with Gasteiger partial charge in [-0.15, -0.1) is 0 Å². The monoisotopic (exact) mass is 415 g/mol. The number of pyridine rings is 1. The average Bonchev–Trinajstić information content (AvgIpc) is 3.04. The summed E-state index contributed by atoms with van der Waals surface area (Å²) in [6, 6.07) is 7.71. The summed E-state index contributed by atoms with van der Waals surface area (Å²) in [6.45, 7) is 0. The molecule has 3 heterocycles. The first-order chi connectivity index (χ1) is 13.2. The maximum absolute atomic E-state index is 6.29. The van der Waals surface area contributed by atoms with E-state index in [1.807, 2.05) is 18.2 Å². The number of hydrogen-bond acceptors (Lipinski definition) is 5. The summed E-state index contributed by atoms with van der Waals surface area (Å²) in [5, 5.41) is 3.04. The Morgan fingerprint density at radius 1 is 1.07 bits per heavy atom. The van der Waals surface area contributed by atoms with Gasteiger partial charge in [-0.3, -0.25) is 0 Å². The van der Waals surface area contributed by atoms with Crippen molar-refractivity contribution in [1.82, 2.24) is 15.0 Å². The van der Waals surface area contributed by atoms with Crippen LogP contribution in [-0.4, -0.2) is 15.0 Å². The third-order valence-corrected chi connectivity index (χ3v) is 6.61. The zero-order chi connectivity index (χ0) is 18.4. The maximum Gasteiger partial charge on any atom is 0.229 e. The van der Waals surface area contributed by atoms with E-state index in [0.717, 1.165) is 40.0 Å². The molecular formula is C20H15Cl2N3OS. The minimum Gasteiger partial charge on any atom is -0.433 e. The van der Waals surface area contributed by atoms with E-state index < -0.39 is 0 Å². The average molecular weight is 416 g/mol. The van der Waals surface area contributed by atoms with Crippen molar-refractivity contribution < 1.29 is 4.42 Å². The number of aryl methyl sites for hydroxylation is 2. The summed E-state index contributed by atoms with van der Waals surface area (Å²) in [5.74, 6) is 0.603. The molecule has 136 valence electrons. The molecule has 1 aliphatic carbocycles. The minimum atomic E-state index is 0.603. The normalized spacial score (nSPS) is 14.0. The molecule has 0 bridgehead atoms. The molecule has 0 aliphatic heterocycles. The van der Waals surface area contributed by atoms with Crippen LogP contribution in [0.3, 0.4) is 0 Å². The van der Waals surface area contributed by atoms with Gasteiger partial charge in [0.25, 0.3) is 0 Å². The summed E-state index contributed by atoms with van der Waals surface area (Å²) in [4.78, 5) is 13.6. The van der Waals surface area contributed by atoms with Gasteiger partial charge in [0.2, 0.25) is 5.71 Å². The number of halogens is 2. The van der Waals surface area contributed by atoms with E-state index in [2.05, 4.69) is 16.0 Å². The third kappa shape index (κ3) is 3.08. The molecule has 0 spiro atoms. The second-order valence-corrected chi connectivity index (χ2v) is 8.38. The Bertz CT molecular complexity index is 1150. The van der Waals surface area contributed by atoms with Gasteiger partial charge in [-0.2, -0.15) is 0 Å². The van der Waals surface area contributed by atoms with E-state index in [0.29, 0.717) is 27.1 Å². The van der Waals surface area contributed by atoms with Crippen molar-refractivity contribution in [2.75, 3.05) is 0 Å². The Morgan fingerprint density at radius 2 is 1.89 bits per heavy atom. The van der Waals surface area contributed by atoms with Crippen LogP contribution in [0.2, 0.25) is 10.0 Å². The molecule has 0 atom stereocenters. The fourth-order valence-corrected chi connectivity index (χ4v) is 5.19. The van der Waals surface area contributed by atoms with E-state index in [1.165, 1.54) is 30.2 Å². The highest BCUT2D eigenvalue weighted by Crippen LogP contribution is 2.37. The fraction of sp³-hybridized carbons (Fsp3) is 0.250. The van der Waals surface area contributed by atoms with Crippen molar-refractivity contribution >= 4 is 57.2 Å². The number of benzene rings is 1. The van der Waals surface area contributed by atoms with Gasteiger partial charge in [-0.05, 0) is 55.0 Å². The van der Waals surface area contributed by atoms with Crippen LogP contribution in [0.5, 0.6) is 0 Å². The van der Waals surface area contributed by atoms with Gasteiger partial charge < -0.3 is 4.42 Å². The lowest BCUT2D eigenvalue weighted by atomic mass is 9.95. The van der Waals surface area contributed by atoms with Crippen molar-refractivity contribution in [2.45, 2.75) is 36.5 Å². The lowest BCUT2D eigenvalue weighted by Gasteiger charge is -2.13. The Kier molecular flexibility index (Phi) is 4.46. The Labute approximate surface area is 170 Å². The van der Waals surface area contributed by atoms with Crippen molar-refractivity contribution in [3.8, 4) is 0 Å². The molecule has 3 aromatic heterocycles. The fourth-order valence-electron chi connectivity index (χ4n) is 3.51. The number of nitrogens with zero attached hydrogens (tertiary/aromatic N) is 3. The highest BCUT2D eigenvalue weighted by molar-refractivity contribution is 7.98. The Hall–Kier alpha value is -1.82. The number of hydrogen-bond donors (Lipinski definition) is 0. The number of thioether (sulfide) groups is 1. The van der Waals surface area contributed by atoms with Crippen LogP contribution in [-0.2, 0) is 18.6 Å². The third-order valence-electron chi connectivity index (χ3n) is 4.91. The van der Waals surface area contributed by atoms with Crippen molar-refractivity contribution in [1.29, 1.82) is 0 Å². The summed E-state index contributed by atoms with van der Waals surface area (Å²) >= 11 is 14.1. The van der Waals surface area contributed by atoms with E-state index in [4.69, 9.17) is 32.6 Å². The first kappa shape index (κ1) is 17.3. The smallest absolute Gasteiger partial charge is 0.229 e. The SMILES string of the molecule is Clc1cccc(Cl)c1CSc1ncnc2c1oc1nc3c(cc12)CCCC3. The van der Waals surface area contributed by atoms with E-state index in [1.54, 1.807) is 6.33 Å². The Morgan fingerprint density at radius 3 is 2.74 bits per heavy atom. The second-order valence-electron chi connectivity index (χ2n) is 6.60. The largest absolute Gasteiger partial charge is 0.433 e. The predicted octanol–water partition coefficient (Wildman–Crippen LogP) is 6.25. The van der Waals surface area contributed by atoms with Gasteiger partial charge in [0.05, 0.1) is 5.39 Å². The van der Waals surface area contributed by atoms with Gasteiger partial charge in [-0.25, -0.2) is 15.0 Å². The number of rotatable bonds is 3. The van der Waals surface area contributed by atoms with Crippen molar-refractivity contribution in [3.05, 3.63) is 57.5 Å². The van der Waals surface area contributed by atoms with Crippen molar-refractivity contribution in [2.24, 2.45) is 0 Å². The zero-order valence-corrected chi connectivity index (χ0v) is 16.7. The molecule has 0 saturated heterocycles. The number of aromatic nitrogens is 3. The molecule has 0 unspecified atom stereocenters. The van der Waals surface area contributed by atoms with Gasteiger partial charge in [0.1, 0.15) is 16.9 Å². The lowest BCUT2D eigenvalue weighted by Crippen LogP contribution is -2.04. The molecule has 4 nitrogen and oxygen atoms in total. The molecular weight excluding hydrogens is 401 g/mol. The van der Waals surface area contributed by atoms with Crippen LogP contribution in [0.15, 0.2) is 40.0 Å². The van der Waals surface area contributed by atoms with Gasteiger partial charge in [-0.1, -0.05) is 41.0 Å². The minimum absolute atomic E-state index is 0.603.